The highest BCUT2D eigenvalue weighted by molar-refractivity contribution is 7.18. The number of nitrogens with two attached hydrogens (primary N) is 1. The van der Waals surface area contributed by atoms with Crippen LogP contribution in [0, 0.1) is 6.92 Å². The molecule has 0 radical (unpaired) electrons. The second-order valence-electron chi connectivity index (χ2n) is 4.30. The van der Waals surface area contributed by atoms with Crippen molar-refractivity contribution in [3.8, 4) is 0 Å². The van der Waals surface area contributed by atoms with Crippen LogP contribution in [0.3, 0.4) is 0 Å². The fraction of sp³-hybridized carbons (Fsp3) is 0.308. The van der Waals surface area contributed by atoms with Crippen molar-refractivity contribution in [3.05, 3.63) is 35.3 Å². The van der Waals surface area contributed by atoms with E-state index in [9.17, 15) is 4.79 Å². The highest BCUT2D eigenvalue weighted by atomic mass is 32.1. The summed E-state index contributed by atoms with van der Waals surface area (Å²) >= 11 is 1.31. The number of aromatic nitrogens is 2. The molecule has 1 amide bonds. The second-order valence-corrected chi connectivity index (χ2v) is 5.35. The van der Waals surface area contributed by atoms with Gasteiger partial charge in [0.05, 0.1) is 10.7 Å². The lowest BCUT2D eigenvalue weighted by atomic mass is 10.3. The standard InChI is InChI=1S/C13H17N5O2S/c1-3-5-16-13(19)12-9(14)7-11(21-12)15-6-4-10-17-8(2)20-18-10/h3,7,15H,1,4-6,14H2,2H3,(H,16,19). The predicted octanol–water partition coefficient (Wildman–Crippen LogP) is 1.59. The van der Waals surface area contributed by atoms with Crippen molar-refractivity contribution in [2.75, 3.05) is 24.1 Å². The van der Waals surface area contributed by atoms with Crippen molar-refractivity contribution in [2.45, 2.75) is 13.3 Å². The van der Waals surface area contributed by atoms with Gasteiger partial charge in [0.25, 0.3) is 5.91 Å². The van der Waals surface area contributed by atoms with Gasteiger partial charge in [0.15, 0.2) is 5.82 Å². The Hall–Kier alpha value is -2.35. The number of nitrogens with zero attached hydrogens (tertiary/aromatic N) is 2. The highest BCUT2D eigenvalue weighted by Crippen LogP contribution is 2.28. The van der Waals surface area contributed by atoms with Gasteiger partial charge in [-0.1, -0.05) is 11.2 Å². The quantitative estimate of drug-likeness (QED) is 0.671. The minimum absolute atomic E-state index is 0.195. The zero-order chi connectivity index (χ0) is 15.2. The van der Waals surface area contributed by atoms with Gasteiger partial charge in [-0.25, -0.2) is 0 Å². The summed E-state index contributed by atoms with van der Waals surface area (Å²) < 4.78 is 4.89. The number of aryl methyl sites for hydroxylation is 1. The fourth-order valence-corrected chi connectivity index (χ4v) is 2.58. The Balaban J connectivity index is 1.89. The normalized spacial score (nSPS) is 10.3. The number of anilines is 2. The fourth-order valence-electron chi connectivity index (χ4n) is 1.66. The molecule has 0 fully saturated rings. The van der Waals surface area contributed by atoms with E-state index < -0.39 is 0 Å². The molecule has 2 rings (SSSR count). The molecule has 0 saturated carbocycles. The lowest BCUT2D eigenvalue weighted by Gasteiger charge is -2.00. The van der Waals surface area contributed by atoms with E-state index in [-0.39, 0.29) is 5.91 Å². The average Bonchev–Trinajstić information content (AvgIpc) is 3.02. The molecule has 0 aromatic carbocycles. The molecule has 0 aliphatic rings. The van der Waals surface area contributed by atoms with Gasteiger partial charge in [-0.15, -0.1) is 17.9 Å². The molecule has 2 aromatic rings. The minimum atomic E-state index is -0.195. The summed E-state index contributed by atoms with van der Waals surface area (Å²) in [5, 5.41) is 10.5. The molecule has 112 valence electrons. The molecule has 0 aliphatic heterocycles. The summed E-state index contributed by atoms with van der Waals surface area (Å²) in [7, 11) is 0. The van der Waals surface area contributed by atoms with Crippen molar-refractivity contribution < 1.29 is 9.32 Å². The largest absolute Gasteiger partial charge is 0.397 e. The third-order valence-corrected chi connectivity index (χ3v) is 3.70. The predicted molar refractivity (Wildman–Crippen MR) is 82.5 cm³/mol. The van der Waals surface area contributed by atoms with E-state index in [1.54, 1.807) is 19.1 Å². The molecule has 2 heterocycles. The Labute approximate surface area is 126 Å². The molecule has 7 nitrogen and oxygen atoms in total. The lowest BCUT2D eigenvalue weighted by molar-refractivity contribution is 0.0963. The Kier molecular flexibility index (Phi) is 4.94. The average molecular weight is 307 g/mol. The summed E-state index contributed by atoms with van der Waals surface area (Å²) in [4.78, 5) is 16.5. The van der Waals surface area contributed by atoms with Crippen LogP contribution in [-0.2, 0) is 6.42 Å². The molecule has 4 N–H and O–H groups in total. The van der Waals surface area contributed by atoms with Crippen LogP contribution in [0.5, 0.6) is 0 Å². The molecule has 0 bridgehead atoms. The Morgan fingerprint density at radius 1 is 1.62 bits per heavy atom. The Morgan fingerprint density at radius 3 is 3.10 bits per heavy atom. The van der Waals surface area contributed by atoms with Gasteiger partial charge in [-0.3, -0.25) is 4.79 Å². The SMILES string of the molecule is C=CCNC(=O)c1sc(NCCc2noc(C)n2)cc1N. The van der Waals surface area contributed by atoms with Crippen molar-refractivity contribution in [1.29, 1.82) is 0 Å². The molecule has 0 saturated heterocycles. The highest BCUT2D eigenvalue weighted by Gasteiger charge is 2.13. The van der Waals surface area contributed by atoms with Crippen molar-refractivity contribution in [1.82, 2.24) is 15.5 Å². The van der Waals surface area contributed by atoms with Crippen LogP contribution in [0.4, 0.5) is 10.7 Å². The number of nitrogen functional groups attached to an aromatic ring is 1. The number of nitrogens with one attached hydrogen (secondary N) is 2. The van der Waals surface area contributed by atoms with Crippen LogP contribution in [0.25, 0.3) is 0 Å². The first-order valence-electron chi connectivity index (χ1n) is 6.41. The maximum Gasteiger partial charge on any atom is 0.263 e. The summed E-state index contributed by atoms with van der Waals surface area (Å²) in [6.45, 7) is 6.34. The van der Waals surface area contributed by atoms with Gasteiger partial charge in [0, 0.05) is 26.4 Å². The molecule has 0 unspecified atom stereocenters. The second kappa shape index (κ2) is 6.89. The number of carbonyl (C=O) groups is 1. The van der Waals surface area contributed by atoms with E-state index in [1.165, 1.54) is 11.3 Å². The first-order chi connectivity index (χ1) is 10.1. The van der Waals surface area contributed by atoms with E-state index in [2.05, 4.69) is 27.4 Å². The molecule has 0 aliphatic carbocycles. The van der Waals surface area contributed by atoms with Crippen LogP contribution in [0.2, 0.25) is 0 Å². The minimum Gasteiger partial charge on any atom is -0.397 e. The zero-order valence-electron chi connectivity index (χ0n) is 11.7. The zero-order valence-corrected chi connectivity index (χ0v) is 12.5. The molecule has 0 atom stereocenters. The first-order valence-corrected chi connectivity index (χ1v) is 7.23. The van der Waals surface area contributed by atoms with Gasteiger partial charge in [-0.2, -0.15) is 4.98 Å². The topological polar surface area (TPSA) is 106 Å². The smallest absolute Gasteiger partial charge is 0.263 e. The number of hydrogen-bond acceptors (Lipinski definition) is 7. The van der Waals surface area contributed by atoms with E-state index in [0.29, 0.717) is 41.8 Å². The molecule has 0 spiro atoms. The van der Waals surface area contributed by atoms with Crippen LogP contribution in [-0.4, -0.2) is 29.1 Å². The number of hydrogen-bond donors (Lipinski definition) is 3. The third-order valence-electron chi connectivity index (χ3n) is 2.59. The van der Waals surface area contributed by atoms with Crippen molar-refractivity contribution >= 4 is 27.9 Å². The van der Waals surface area contributed by atoms with Gasteiger partial charge in [0.2, 0.25) is 5.89 Å². The van der Waals surface area contributed by atoms with Gasteiger partial charge < -0.3 is 20.9 Å². The molecule has 21 heavy (non-hydrogen) atoms. The van der Waals surface area contributed by atoms with Crippen LogP contribution in [0.15, 0.2) is 23.2 Å². The van der Waals surface area contributed by atoms with Gasteiger partial charge in [0.1, 0.15) is 4.88 Å². The van der Waals surface area contributed by atoms with E-state index >= 15 is 0 Å². The number of rotatable bonds is 7. The molecule has 2 aromatic heterocycles. The third kappa shape index (κ3) is 4.06. The molecular formula is C13H17N5O2S. The monoisotopic (exact) mass is 307 g/mol. The summed E-state index contributed by atoms with van der Waals surface area (Å²) in [5.74, 6) is 0.999. The Bertz CT molecular complexity index is 634. The van der Waals surface area contributed by atoms with Crippen LogP contribution >= 0.6 is 11.3 Å². The van der Waals surface area contributed by atoms with Crippen molar-refractivity contribution in [2.24, 2.45) is 0 Å². The first kappa shape index (κ1) is 15.0. The van der Waals surface area contributed by atoms with Gasteiger partial charge >= 0.3 is 0 Å². The maximum atomic E-state index is 11.8. The lowest BCUT2D eigenvalue weighted by Crippen LogP contribution is -2.22. The van der Waals surface area contributed by atoms with Crippen molar-refractivity contribution in [3.63, 3.8) is 0 Å². The summed E-state index contributed by atoms with van der Waals surface area (Å²) in [6.07, 6.45) is 2.25. The van der Waals surface area contributed by atoms with Crippen LogP contribution < -0.4 is 16.4 Å². The summed E-state index contributed by atoms with van der Waals surface area (Å²) in [6, 6.07) is 1.75. The van der Waals surface area contributed by atoms with E-state index in [0.717, 1.165) is 5.00 Å². The number of thiophene rings is 1. The van der Waals surface area contributed by atoms with Crippen LogP contribution in [0.1, 0.15) is 21.4 Å². The summed E-state index contributed by atoms with van der Waals surface area (Å²) in [5.41, 5.74) is 6.30. The van der Waals surface area contributed by atoms with E-state index in [4.69, 9.17) is 10.3 Å². The maximum absolute atomic E-state index is 11.8. The van der Waals surface area contributed by atoms with E-state index in [1.807, 2.05) is 0 Å². The van der Waals surface area contributed by atoms with Gasteiger partial charge in [-0.05, 0) is 6.07 Å². The Morgan fingerprint density at radius 2 is 2.43 bits per heavy atom. The number of carbonyl (C=O) groups excluding carboxylic acids is 1. The molecular weight excluding hydrogens is 290 g/mol. The molecule has 8 heteroatoms. The number of amides is 1.